The van der Waals surface area contributed by atoms with Gasteiger partial charge in [0, 0.05) is 12.1 Å². The van der Waals surface area contributed by atoms with Gasteiger partial charge in [0.1, 0.15) is 0 Å². The Morgan fingerprint density at radius 2 is 1.95 bits per heavy atom. The van der Waals surface area contributed by atoms with E-state index < -0.39 is 17.3 Å². The van der Waals surface area contributed by atoms with Gasteiger partial charge in [0.2, 0.25) is 5.91 Å². The van der Waals surface area contributed by atoms with Crippen LogP contribution < -0.4 is 11.1 Å². The van der Waals surface area contributed by atoms with Gasteiger partial charge in [-0.2, -0.15) is 0 Å². The van der Waals surface area contributed by atoms with E-state index in [0.717, 1.165) is 19.3 Å². The molecular formula is C15H19ClN2O3. The lowest BCUT2D eigenvalue weighted by Gasteiger charge is -2.33. The fourth-order valence-electron chi connectivity index (χ4n) is 2.77. The maximum atomic E-state index is 11.6. The second-order valence-electron chi connectivity index (χ2n) is 5.56. The molecule has 1 aliphatic rings. The molecule has 1 saturated carbocycles. The largest absolute Gasteiger partial charge is 0.481 e. The van der Waals surface area contributed by atoms with Crippen LogP contribution in [0.5, 0.6) is 0 Å². The number of carbonyl (C=O) groups excluding carboxylic acids is 1. The Hall–Kier alpha value is -1.75. The third kappa shape index (κ3) is 3.47. The Bertz CT molecular complexity index is 554. The zero-order valence-corrected chi connectivity index (χ0v) is 12.4. The number of anilines is 1. The van der Waals surface area contributed by atoms with E-state index >= 15 is 0 Å². The fourth-order valence-corrected chi connectivity index (χ4v) is 3.02. The van der Waals surface area contributed by atoms with E-state index in [2.05, 4.69) is 5.32 Å². The lowest BCUT2D eigenvalue weighted by molar-refractivity contribution is -0.150. The molecule has 114 valence electrons. The van der Waals surface area contributed by atoms with E-state index in [0.29, 0.717) is 35.7 Å². The summed E-state index contributed by atoms with van der Waals surface area (Å²) in [7, 11) is 0. The van der Waals surface area contributed by atoms with Crippen LogP contribution >= 0.6 is 11.6 Å². The van der Waals surface area contributed by atoms with Crippen molar-refractivity contribution in [2.24, 2.45) is 11.1 Å². The summed E-state index contributed by atoms with van der Waals surface area (Å²) in [6.45, 7) is 0.331. The van der Waals surface area contributed by atoms with Gasteiger partial charge in [0.25, 0.3) is 0 Å². The molecule has 0 radical (unpaired) electrons. The molecule has 21 heavy (non-hydrogen) atoms. The van der Waals surface area contributed by atoms with Crippen molar-refractivity contribution in [3.63, 3.8) is 0 Å². The number of halogens is 1. The second-order valence-corrected chi connectivity index (χ2v) is 5.97. The molecule has 0 unspecified atom stereocenters. The van der Waals surface area contributed by atoms with Crippen LogP contribution in [0.2, 0.25) is 5.02 Å². The molecular weight excluding hydrogens is 292 g/mol. The van der Waals surface area contributed by atoms with E-state index in [1.54, 1.807) is 12.1 Å². The van der Waals surface area contributed by atoms with E-state index in [1.807, 2.05) is 0 Å². The number of carboxylic acids is 1. The quantitative estimate of drug-likeness (QED) is 0.779. The highest BCUT2D eigenvalue weighted by atomic mass is 35.5. The summed E-state index contributed by atoms with van der Waals surface area (Å²) in [6, 6.07) is 4.71. The highest BCUT2D eigenvalue weighted by molar-refractivity contribution is 6.33. The van der Waals surface area contributed by atoms with Gasteiger partial charge >= 0.3 is 5.97 Å². The minimum atomic E-state index is -0.764. The van der Waals surface area contributed by atoms with Crippen molar-refractivity contribution in [2.75, 3.05) is 11.9 Å². The maximum absolute atomic E-state index is 11.6. The molecule has 1 fully saturated rings. The van der Waals surface area contributed by atoms with Crippen molar-refractivity contribution in [2.45, 2.75) is 32.1 Å². The molecule has 0 aromatic heterocycles. The molecule has 0 aliphatic heterocycles. The number of rotatable bonds is 5. The molecule has 0 atom stereocenters. The van der Waals surface area contributed by atoms with Crippen LogP contribution in [0, 0.1) is 5.41 Å². The first kappa shape index (κ1) is 15.6. The summed E-state index contributed by atoms with van der Waals surface area (Å²) >= 11 is 6.10. The summed E-state index contributed by atoms with van der Waals surface area (Å²) < 4.78 is 0. The first-order valence-corrected chi connectivity index (χ1v) is 7.39. The molecule has 1 aromatic carbocycles. The normalized spacial score (nSPS) is 17.2. The van der Waals surface area contributed by atoms with Gasteiger partial charge in [-0.25, -0.2) is 0 Å². The van der Waals surface area contributed by atoms with E-state index in [9.17, 15) is 14.7 Å². The highest BCUT2D eigenvalue weighted by Crippen LogP contribution is 2.37. The number of primary amides is 1. The van der Waals surface area contributed by atoms with Gasteiger partial charge in [-0.15, -0.1) is 0 Å². The topological polar surface area (TPSA) is 92.4 Å². The number of carbonyl (C=O) groups is 2. The van der Waals surface area contributed by atoms with Crippen molar-refractivity contribution in [1.29, 1.82) is 0 Å². The average Bonchev–Trinajstić information content (AvgIpc) is 2.46. The van der Waals surface area contributed by atoms with Crippen LogP contribution in [-0.2, 0) is 4.79 Å². The number of hydrogen-bond donors (Lipinski definition) is 3. The average molecular weight is 311 g/mol. The molecule has 0 heterocycles. The summed E-state index contributed by atoms with van der Waals surface area (Å²) in [5, 5.41) is 13.0. The van der Waals surface area contributed by atoms with Crippen LogP contribution in [0.4, 0.5) is 5.69 Å². The molecule has 5 nitrogen and oxygen atoms in total. The standard InChI is InChI=1S/C15H19ClN2O3/c16-11-8-10(13(17)19)4-5-12(11)18-9-15(14(20)21)6-2-1-3-7-15/h4-5,8,18H,1-3,6-7,9H2,(H2,17,19)(H,20,21). The first-order chi connectivity index (χ1) is 9.94. The van der Waals surface area contributed by atoms with Gasteiger partial charge in [-0.1, -0.05) is 30.9 Å². The number of nitrogens with two attached hydrogens (primary N) is 1. The SMILES string of the molecule is NC(=O)c1ccc(NCC2(C(=O)O)CCCCC2)c(Cl)c1. The molecule has 1 amide bonds. The monoisotopic (exact) mass is 310 g/mol. The fraction of sp³-hybridized carbons (Fsp3) is 0.467. The number of nitrogens with one attached hydrogen (secondary N) is 1. The molecule has 4 N–H and O–H groups in total. The third-order valence-corrected chi connectivity index (χ3v) is 4.45. The molecule has 2 rings (SSSR count). The van der Waals surface area contributed by atoms with Gasteiger partial charge in [0.15, 0.2) is 0 Å². The molecule has 1 aliphatic carbocycles. The van der Waals surface area contributed by atoms with E-state index in [4.69, 9.17) is 17.3 Å². The minimum Gasteiger partial charge on any atom is -0.481 e. The van der Waals surface area contributed by atoms with Crippen molar-refractivity contribution >= 4 is 29.2 Å². The van der Waals surface area contributed by atoms with Crippen LogP contribution in [0.1, 0.15) is 42.5 Å². The zero-order chi connectivity index (χ0) is 15.5. The van der Waals surface area contributed by atoms with Crippen molar-refractivity contribution in [1.82, 2.24) is 0 Å². The second kappa shape index (κ2) is 6.35. The van der Waals surface area contributed by atoms with E-state index in [1.165, 1.54) is 6.07 Å². The minimum absolute atomic E-state index is 0.330. The molecule has 0 spiro atoms. The summed E-state index contributed by atoms with van der Waals surface area (Å²) in [4.78, 5) is 22.7. The van der Waals surface area contributed by atoms with Gasteiger partial charge < -0.3 is 16.2 Å². The smallest absolute Gasteiger partial charge is 0.311 e. The Morgan fingerprint density at radius 3 is 2.48 bits per heavy atom. The van der Waals surface area contributed by atoms with Crippen LogP contribution in [0.3, 0.4) is 0 Å². The summed E-state index contributed by atoms with van der Waals surface area (Å²) in [5.41, 5.74) is 5.40. The molecule has 6 heteroatoms. The molecule has 0 bridgehead atoms. The number of amides is 1. The van der Waals surface area contributed by atoms with Gasteiger partial charge in [0.05, 0.1) is 16.1 Å². The number of carboxylic acid groups (broad SMARTS) is 1. The first-order valence-electron chi connectivity index (χ1n) is 7.01. The number of benzene rings is 1. The lowest BCUT2D eigenvalue weighted by Crippen LogP contribution is -2.39. The summed E-state index contributed by atoms with van der Waals surface area (Å²) in [6.07, 6.45) is 4.30. The van der Waals surface area contributed by atoms with Crippen molar-refractivity contribution in [3.05, 3.63) is 28.8 Å². The van der Waals surface area contributed by atoms with Crippen LogP contribution in [0.15, 0.2) is 18.2 Å². The van der Waals surface area contributed by atoms with Crippen LogP contribution in [-0.4, -0.2) is 23.5 Å². The Labute approximate surface area is 128 Å². The lowest BCUT2D eigenvalue weighted by atomic mass is 9.74. The Kier molecular flexibility index (Phi) is 4.73. The van der Waals surface area contributed by atoms with Crippen molar-refractivity contribution < 1.29 is 14.7 Å². The number of hydrogen-bond acceptors (Lipinski definition) is 3. The van der Waals surface area contributed by atoms with Crippen molar-refractivity contribution in [3.8, 4) is 0 Å². The number of aliphatic carboxylic acids is 1. The maximum Gasteiger partial charge on any atom is 0.311 e. The Balaban J connectivity index is 2.11. The highest BCUT2D eigenvalue weighted by Gasteiger charge is 2.39. The Morgan fingerprint density at radius 1 is 1.29 bits per heavy atom. The molecule has 0 saturated heterocycles. The third-order valence-electron chi connectivity index (χ3n) is 4.14. The summed E-state index contributed by atoms with van der Waals surface area (Å²) in [5.74, 6) is -1.31. The predicted octanol–water partition coefficient (Wildman–Crippen LogP) is 2.89. The molecule has 1 aromatic rings. The van der Waals surface area contributed by atoms with E-state index in [-0.39, 0.29) is 0 Å². The van der Waals surface area contributed by atoms with Crippen LogP contribution in [0.25, 0.3) is 0 Å². The van der Waals surface area contributed by atoms with Gasteiger partial charge in [-0.05, 0) is 31.0 Å². The zero-order valence-electron chi connectivity index (χ0n) is 11.7. The van der Waals surface area contributed by atoms with Gasteiger partial charge in [-0.3, -0.25) is 9.59 Å². The predicted molar refractivity (Wildman–Crippen MR) is 81.6 cm³/mol.